The Labute approximate surface area is 127 Å². The molecule has 118 valence electrons. The van der Waals surface area contributed by atoms with Crippen LogP contribution in [-0.2, 0) is 4.79 Å². The Kier molecular flexibility index (Phi) is 3.30. The van der Waals surface area contributed by atoms with E-state index < -0.39 is 6.10 Å². The minimum absolute atomic E-state index is 0.0357. The SMILES string of the molecule is CN(C(=O)CC12CC3CC(CC(C3)C1)C2)[C@H]1CNC[C@@H]1O. The zero-order valence-electron chi connectivity index (χ0n) is 13.1. The van der Waals surface area contributed by atoms with Crippen LogP contribution in [0, 0.1) is 23.2 Å². The highest BCUT2D eigenvalue weighted by atomic mass is 16.3. The zero-order valence-corrected chi connectivity index (χ0v) is 13.1. The highest BCUT2D eigenvalue weighted by molar-refractivity contribution is 5.77. The van der Waals surface area contributed by atoms with Gasteiger partial charge in [-0.2, -0.15) is 0 Å². The fourth-order valence-corrected chi connectivity index (χ4v) is 6.18. The summed E-state index contributed by atoms with van der Waals surface area (Å²) in [6.45, 7) is 1.34. The maximum atomic E-state index is 12.7. The van der Waals surface area contributed by atoms with Crippen LogP contribution in [0.5, 0.6) is 0 Å². The summed E-state index contributed by atoms with van der Waals surface area (Å²) in [7, 11) is 1.88. The first-order valence-corrected chi connectivity index (χ1v) is 8.69. The number of amides is 1. The Morgan fingerprint density at radius 1 is 1.14 bits per heavy atom. The molecular formula is C17H28N2O2. The first-order valence-electron chi connectivity index (χ1n) is 8.69. The van der Waals surface area contributed by atoms with Crippen molar-refractivity contribution < 1.29 is 9.90 Å². The fourth-order valence-electron chi connectivity index (χ4n) is 6.18. The number of nitrogens with one attached hydrogen (secondary N) is 1. The third-order valence-corrected chi connectivity index (χ3v) is 6.73. The van der Waals surface area contributed by atoms with Crippen LogP contribution in [0.25, 0.3) is 0 Å². The van der Waals surface area contributed by atoms with E-state index in [2.05, 4.69) is 5.32 Å². The predicted octanol–water partition coefficient (Wildman–Crippen LogP) is 1.38. The predicted molar refractivity (Wildman–Crippen MR) is 80.7 cm³/mol. The van der Waals surface area contributed by atoms with E-state index in [9.17, 15) is 9.90 Å². The molecule has 0 aromatic carbocycles. The van der Waals surface area contributed by atoms with Crippen LogP contribution in [-0.4, -0.2) is 48.2 Å². The molecule has 4 heteroatoms. The quantitative estimate of drug-likeness (QED) is 0.826. The number of nitrogens with zero attached hydrogens (tertiary/aromatic N) is 1. The highest BCUT2D eigenvalue weighted by Gasteiger charge is 2.52. The standard InChI is InChI=1S/C17H28N2O2/c1-19(14-9-18-10-15(14)20)16(21)8-17-5-11-2-12(6-17)4-13(3-11)7-17/h11-15,18,20H,2-10H2,1H3/t11?,12?,13?,14-,15-,17?/m0/s1. The lowest BCUT2D eigenvalue weighted by atomic mass is 9.49. The molecule has 5 rings (SSSR count). The number of aliphatic hydroxyl groups is 1. The van der Waals surface area contributed by atoms with E-state index in [0.717, 1.165) is 30.7 Å². The Hall–Kier alpha value is -0.610. The number of likely N-dealkylation sites (N-methyl/N-ethyl adjacent to an activating group) is 1. The molecule has 2 N–H and O–H groups in total. The van der Waals surface area contributed by atoms with E-state index in [0.29, 0.717) is 12.0 Å². The first-order chi connectivity index (χ1) is 10.0. The van der Waals surface area contributed by atoms with E-state index >= 15 is 0 Å². The van der Waals surface area contributed by atoms with E-state index in [4.69, 9.17) is 0 Å². The van der Waals surface area contributed by atoms with Gasteiger partial charge in [0.1, 0.15) is 0 Å². The van der Waals surface area contributed by atoms with Gasteiger partial charge in [0, 0.05) is 26.6 Å². The molecule has 4 nitrogen and oxygen atoms in total. The highest BCUT2D eigenvalue weighted by Crippen LogP contribution is 2.61. The average Bonchev–Trinajstić information content (AvgIpc) is 2.81. The molecule has 4 bridgehead atoms. The lowest BCUT2D eigenvalue weighted by Gasteiger charge is -2.57. The van der Waals surface area contributed by atoms with Crippen molar-refractivity contribution in [3.63, 3.8) is 0 Å². The summed E-state index contributed by atoms with van der Waals surface area (Å²) in [6.07, 6.45) is 8.43. The molecule has 1 saturated heterocycles. The Balaban J connectivity index is 1.44. The van der Waals surface area contributed by atoms with Crippen LogP contribution in [0.1, 0.15) is 44.9 Å². The van der Waals surface area contributed by atoms with E-state index in [-0.39, 0.29) is 11.9 Å². The fraction of sp³-hybridized carbons (Fsp3) is 0.941. The maximum absolute atomic E-state index is 12.7. The van der Waals surface area contributed by atoms with Crippen molar-refractivity contribution in [3.05, 3.63) is 0 Å². The van der Waals surface area contributed by atoms with Crippen LogP contribution < -0.4 is 5.32 Å². The Morgan fingerprint density at radius 3 is 2.19 bits per heavy atom. The number of hydrogen-bond donors (Lipinski definition) is 2. The average molecular weight is 292 g/mol. The van der Waals surface area contributed by atoms with E-state index in [1.165, 1.54) is 38.5 Å². The van der Waals surface area contributed by atoms with Crippen molar-refractivity contribution in [2.45, 2.75) is 57.1 Å². The molecule has 0 radical (unpaired) electrons. The molecule has 2 atom stereocenters. The van der Waals surface area contributed by atoms with Gasteiger partial charge < -0.3 is 15.3 Å². The molecule has 5 fully saturated rings. The van der Waals surface area contributed by atoms with Crippen molar-refractivity contribution >= 4 is 5.91 Å². The molecule has 21 heavy (non-hydrogen) atoms. The summed E-state index contributed by atoms with van der Waals surface area (Å²) in [4.78, 5) is 14.6. The lowest BCUT2D eigenvalue weighted by molar-refractivity contribution is -0.141. The summed E-state index contributed by atoms with van der Waals surface area (Å²) in [5, 5.41) is 13.2. The molecule has 5 aliphatic rings. The molecule has 4 saturated carbocycles. The number of β-amino-alcohol motifs (C(OH)–C–C–N with tert-alkyl or cyclic N) is 1. The van der Waals surface area contributed by atoms with Gasteiger partial charge in [-0.05, 0) is 61.7 Å². The van der Waals surface area contributed by atoms with Gasteiger partial charge in [-0.1, -0.05) is 0 Å². The van der Waals surface area contributed by atoms with Gasteiger partial charge in [0.05, 0.1) is 12.1 Å². The van der Waals surface area contributed by atoms with Gasteiger partial charge >= 0.3 is 0 Å². The smallest absolute Gasteiger partial charge is 0.223 e. The second-order valence-corrected chi connectivity index (χ2v) is 8.39. The lowest BCUT2D eigenvalue weighted by Crippen LogP contribution is -2.50. The van der Waals surface area contributed by atoms with Crippen LogP contribution in [0.15, 0.2) is 0 Å². The number of carbonyl (C=O) groups excluding carboxylic acids is 1. The molecule has 0 unspecified atom stereocenters. The van der Waals surface area contributed by atoms with Gasteiger partial charge in [-0.25, -0.2) is 0 Å². The van der Waals surface area contributed by atoms with Crippen molar-refractivity contribution in [3.8, 4) is 0 Å². The van der Waals surface area contributed by atoms with Crippen LogP contribution in [0.4, 0.5) is 0 Å². The van der Waals surface area contributed by atoms with Crippen LogP contribution in [0.2, 0.25) is 0 Å². The third kappa shape index (κ3) is 2.40. The van der Waals surface area contributed by atoms with Gasteiger partial charge in [-0.3, -0.25) is 4.79 Å². The maximum Gasteiger partial charge on any atom is 0.223 e. The number of hydrogen-bond acceptors (Lipinski definition) is 3. The van der Waals surface area contributed by atoms with Crippen LogP contribution in [0.3, 0.4) is 0 Å². The monoisotopic (exact) mass is 292 g/mol. The van der Waals surface area contributed by atoms with Gasteiger partial charge in [-0.15, -0.1) is 0 Å². The minimum atomic E-state index is -0.407. The molecule has 4 aliphatic carbocycles. The topological polar surface area (TPSA) is 52.6 Å². The largest absolute Gasteiger partial charge is 0.390 e. The number of rotatable bonds is 3. The van der Waals surface area contributed by atoms with Crippen molar-refractivity contribution in [2.75, 3.05) is 20.1 Å². The van der Waals surface area contributed by atoms with Crippen molar-refractivity contribution in [1.82, 2.24) is 10.2 Å². The summed E-state index contributed by atoms with van der Waals surface area (Å²) < 4.78 is 0. The first kappa shape index (κ1) is 14.0. The molecule has 1 heterocycles. The van der Waals surface area contributed by atoms with Gasteiger partial charge in [0.2, 0.25) is 5.91 Å². The number of carbonyl (C=O) groups is 1. The Bertz CT molecular complexity index is 401. The molecule has 0 aromatic rings. The number of aliphatic hydroxyl groups excluding tert-OH is 1. The van der Waals surface area contributed by atoms with E-state index in [1.54, 1.807) is 0 Å². The van der Waals surface area contributed by atoms with Crippen molar-refractivity contribution in [2.24, 2.45) is 23.2 Å². The minimum Gasteiger partial charge on any atom is -0.390 e. The second-order valence-electron chi connectivity index (χ2n) is 8.39. The molecule has 0 aromatic heterocycles. The molecule has 0 spiro atoms. The normalized spacial score (nSPS) is 47.8. The Morgan fingerprint density at radius 2 is 1.71 bits per heavy atom. The molecular weight excluding hydrogens is 264 g/mol. The molecule has 1 amide bonds. The summed E-state index contributed by atoms with van der Waals surface area (Å²) >= 11 is 0. The summed E-state index contributed by atoms with van der Waals surface area (Å²) in [5.74, 6) is 2.94. The zero-order chi connectivity index (χ0) is 14.6. The van der Waals surface area contributed by atoms with Crippen molar-refractivity contribution in [1.29, 1.82) is 0 Å². The van der Waals surface area contributed by atoms with Crippen LogP contribution >= 0.6 is 0 Å². The summed E-state index contributed by atoms with van der Waals surface area (Å²) in [6, 6.07) is -0.0357. The van der Waals surface area contributed by atoms with E-state index in [1.807, 2.05) is 11.9 Å². The van der Waals surface area contributed by atoms with Gasteiger partial charge in [0.25, 0.3) is 0 Å². The molecule has 1 aliphatic heterocycles. The third-order valence-electron chi connectivity index (χ3n) is 6.73. The summed E-state index contributed by atoms with van der Waals surface area (Å²) in [5.41, 5.74) is 0.303. The second kappa shape index (κ2) is 4.95. The van der Waals surface area contributed by atoms with Gasteiger partial charge in [0.15, 0.2) is 0 Å².